The summed E-state index contributed by atoms with van der Waals surface area (Å²) in [5.41, 5.74) is 4.58. The molecule has 0 spiro atoms. The smallest absolute Gasteiger partial charge is 0.257 e. The van der Waals surface area contributed by atoms with Crippen LogP contribution in [0.15, 0.2) is 55.2 Å². The number of piperidine rings is 1. The standard InChI is InChI=1S/C23H24N6O/c1-28-15-20(14-27-28)19-12-18-11-17(3-4-21(18)26-13-19)16-5-9-29(10-6-16)22-23(30-2)25-8-7-24-22/h3-4,7-8,11-16H,5-6,9-10H2,1-2H3. The van der Waals surface area contributed by atoms with Gasteiger partial charge < -0.3 is 9.64 Å². The van der Waals surface area contributed by atoms with E-state index in [0.717, 1.165) is 48.4 Å². The van der Waals surface area contributed by atoms with Gasteiger partial charge in [0.15, 0.2) is 5.82 Å². The fraction of sp³-hybridized carbons (Fsp3) is 0.304. The summed E-state index contributed by atoms with van der Waals surface area (Å²) < 4.78 is 7.19. The van der Waals surface area contributed by atoms with Gasteiger partial charge in [0.1, 0.15) is 0 Å². The third-order valence-electron chi connectivity index (χ3n) is 5.85. The second kappa shape index (κ2) is 7.74. The molecule has 0 unspecified atom stereocenters. The average molecular weight is 400 g/mol. The number of aryl methyl sites for hydroxylation is 1. The van der Waals surface area contributed by atoms with Gasteiger partial charge in [-0.1, -0.05) is 6.07 Å². The van der Waals surface area contributed by atoms with E-state index in [9.17, 15) is 0 Å². The lowest BCUT2D eigenvalue weighted by atomic mass is 9.88. The van der Waals surface area contributed by atoms with Crippen LogP contribution in [-0.4, -0.2) is 44.9 Å². The van der Waals surface area contributed by atoms with Crippen LogP contribution in [0.3, 0.4) is 0 Å². The summed E-state index contributed by atoms with van der Waals surface area (Å²) in [6.45, 7) is 1.87. The Morgan fingerprint density at radius 1 is 0.967 bits per heavy atom. The van der Waals surface area contributed by atoms with Crippen molar-refractivity contribution in [3.8, 4) is 17.0 Å². The highest BCUT2D eigenvalue weighted by molar-refractivity contribution is 5.84. The maximum absolute atomic E-state index is 5.38. The van der Waals surface area contributed by atoms with Crippen molar-refractivity contribution in [1.29, 1.82) is 0 Å². The fourth-order valence-corrected chi connectivity index (χ4v) is 4.24. The van der Waals surface area contributed by atoms with Crippen LogP contribution in [0.4, 0.5) is 5.82 Å². The number of rotatable bonds is 4. The normalized spacial score (nSPS) is 14.9. The van der Waals surface area contributed by atoms with E-state index in [-0.39, 0.29) is 0 Å². The van der Waals surface area contributed by atoms with Crippen LogP contribution in [0.5, 0.6) is 5.88 Å². The summed E-state index contributed by atoms with van der Waals surface area (Å²) in [6.07, 6.45) is 11.3. The van der Waals surface area contributed by atoms with Gasteiger partial charge >= 0.3 is 0 Å². The third-order valence-corrected chi connectivity index (χ3v) is 5.85. The van der Waals surface area contributed by atoms with Crippen LogP contribution in [0.2, 0.25) is 0 Å². The molecule has 0 amide bonds. The zero-order valence-electron chi connectivity index (χ0n) is 17.2. The van der Waals surface area contributed by atoms with Crippen molar-refractivity contribution >= 4 is 16.7 Å². The Morgan fingerprint density at radius 2 is 1.80 bits per heavy atom. The SMILES string of the molecule is COc1nccnc1N1CCC(c2ccc3ncc(-c4cnn(C)c4)cc3c2)CC1. The van der Waals surface area contributed by atoms with E-state index in [1.54, 1.807) is 19.5 Å². The highest BCUT2D eigenvalue weighted by Crippen LogP contribution is 2.34. The molecule has 5 rings (SSSR count). The van der Waals surface area contributed by atoms with Crippen molar-refractivity contribution in [2.75, 3.05) is 25.1 Å². The second-order valence-electron chi connectivity index (χ2n) is 7.73. The molecule has 1 fully saturated rings. The maximum Gasteiger partial charge on any atom is 0.257 e. The van der Waals surface area contributed by atoms with Crippen LogP contribution in [0, 0.1) is 0 Å². The molecule has 7 heteroatoms. The van der Waals surface area contributed by atoms with Crippen molar-refractivity contribution < 1.29 is 4.74 Å². The molecule has 152 valence electrons. The van der Waals surface area contributed by atoms with E-state index in [4.69, 9.17) is 4.74 Å². The van der Waals surface area contributed by atoms with Crippen molar-refractivity contribution in [3.63, 3.8) is 0 Å². The predicted molar refractivity (Wildman–Crippen MR) is 117 cm³/mol. The minimum Gasteiger partial charge on any atom is -0.478 e. The minimum atomic E-state index is 0.523. The van der Waals surface area contributed by atoms with Gasteiger partial charge in [-0.15, -0.1) is 0 Å². The van der Waals surface area contributed by atoms with Crippen LogP contribution in [0.25, 0.3) is 22.0 Å². The first-order chi connectivity index (χ1) is 14.7. The average Bonchev–Trinajstić information content (AvgIpc) is 3.24. The van der Waals surface area contributed by atoms with E-state index in [2.05, 4.69) is 49.2 Å². The summed E-state index contributed by atoms with van der Waals surface area (Å²) in [5, 5.41) is 5.45. The van der Waals surface area contributed by atoms with Crippen molar-refractivity contribution in [2.45, 2.75) is 18.8 Å². The molecule has 4 heterocycles. The lowest BCUT2D eigenvalue weighted by Crippen LogP contribution is -2.33. The van der Waals surface area contributed by atoms with Gasteiger partial charge in [0.25, 0.3) is 5.88 Å². The molecule has 1 aliphatic heterocycles. The summed E-state index contributed by atoms with van der Waals surface area (Å²) in [6, 6.07) is 8.87. The van der Waals surface area contributed by atoms with Gasteiger partial charge in [-0.2, -0.15) is 5.10 Å². The summed E-state index contributed by atoms with van der Waals surface area (Å²) in [4.78, 5) is 15.7. The highest BCUT2D eigenvalue weighted by atomic mass is 16.5. The zero-order chi connectivity index (χ0) is 20.5. The van der Waals surface area contributed by atoms with Crippen LogP contribution in [-0.2, 0) is 7.05 Å². The van der Waals surface area contributed by atoms with Crippen LogP contribution < -0.4 is 9.64 Å². The Morgan fingerprint density at radius 3 is 2.57 bits per heavy atom. The molecule has 30 heavy (non-hydrogen) atoms. The molecule has 1 aliphatic rings. The van der Waals surface area contributed by atoms with Gasteiger partial charge in [0.2, 0.25) is 0 Å². The largest absolute Gasteiger partial charge is 0.478 e. The molecule has 4 aromatic rings. The molecule has 7 nitrogen and oxygen atoms in total. The number of pyridine rings is 1. The first-order valence-electron chi connectivity index (χ1n) is 10.2. The first-order valence-corrected chi connectivity index (χ1v) is 10.2. The van der Waals surface area contributed by atoms with Gasteiger partial charge in [-0.05, 0) is 42.5 Å². The first kappa shape index (κ1) is 18.5. The fourth-order valence-electron chi connectivity index (χ4n) is 4.24. The molecule has 0 aliphatic carbocycles. The maximum atomic E-state index is 5.38. The lowest BCUT2D eigenvalue weighted by Gasteiger charge is -2.33. The molecule has 1 aromatic carbocycles. The number of ether oxygens (including phenoxy) is 1. The summed E-state index contributed by atoms with van der Waals surface area (Å²) >= 11 is 0. The Hall–Kier alpha value is -3.48. The minimum absolute atomic E-state index is 0.523. The topological polar surface area (TPSA) is 69.0 Å². The Bertz CT molecular complexity index is 1180. The predicted octanol–water partition coefficient (Wildman–Crippen LogP) is 3.82. The summed E-state index contributed by atoms with van der Waals surface area (Å²) in [5.74, 6) is 1.95. The number of hydrogen-bond donors (Lipinski definition) is 0. The molecule has 0 bridgehead atoms. The zero-order valence-corrected chi connectivity index (χ0v) is 17.2. The molecule has 0 N–H and O–H groups in total. The number of methoxy groups -OCH3 is 1. The quantitative estimate of drug-likeness (QED) is 0.519. The van der Waals surface area contributed by atoms with Crippen molar-refractivity contribution in [3.05, 3.63) is 60.8 Å². The third kappa shape index (κ3) is 3.47. The Balaban J connectivity index is 1.36. The number of hydrogen-bond acceptors (Lipinski definition) is 6. The number of anilines is 1. The molecular weight excluding hydrogens is 376 g/mol. The summed E-state index contributed by atoms with van der Waals surface area (Å²) in [7, 11) is 3.57. The van der Waals surface area contributed by atoms with Crippen molar-refractivity contribution in [1.82, 2.24) is 24.7 Å². The highest BCUT2D eigenvalue weighted by Gasteiger charge is 2.24. The van der Waals surface area contributed by atoms with E-state index in [1.165, 1.54) is 10.9 Å². The van der Waals surface area contributed by atoms with Crippen molar-refractivity contribution in [2.24, 2.45) is 7.05 Å². The van der Waals surface area contributed by atoms with E-state index in [1.807, 2.05) is 30.3 Å². The Labute approximate surface area is 175 Å². The van der Waals surface area contributed by atoms with Gasteiger partial charge in [0, 0.05) is 61.4 Å². The van der Waals surface area contributed by atoms with E-state index in [0.29, 0.717) is 11.8 Å². The molecular formula is C23H24N6O. The number of fused-ring (bicyclic) bond motifs is 1. The molecule has 0 atom stereocenters. The monoisotopic (exact) mass is 400 g/mol. The number of benzene rings is 1. The number of nitrogens with zero attached hydrogens (tertiary/aromatic N) is 6. The van der Waals surface area contributed by atoms with Crippen LogP contribution >= 0.6 is 0 Å². The molecule has 0 radical (unpaired) electrons. The Kier molecular flexibility index (Phi) is 4.78. The van der Waals surface area contributed by atoms with E-state index < -0.39 is 0 Å². The van der Waals surface area contributed by atoms with Gasteiger partial charge in [0.05, 0.1) is 18.8 Å². The molecule has 3 aromatic heterocycles. The van der Waals surface area contributed by atoms with Gasteiger partial charge in [-0.3, -0.25) is 9.67 Å². The van der Waals surface area contributed by atoms with Gasteiger partial charge in [-0.25, -0.2) is 9.97 Å². The van der Waals surface area contributed by atoms with Crippen LogP contribution in [0.1, 0.15) is 24.3 Å². The molecule has 0 saturated carbocycles. The van der Waals surface area contributed by atoms with E-state index >= 15 is 0 Å². The lowest BCUT2D eigenvalue weighted by molar-refractivity contribution is 0.392. The molecule has 1 saturated heterocycles. The number of aromatic nitrogens is 5. The second-order valence-corrected chi connectivity index (χ2v) is 7.73.